The van der Waals surface area contributed by atoms with Gasteiger partial charge in [0.2, 0.25) is 0 Å². The second-order valence-corrected chi connectivity index (χ2v) is 7.31. The van der Waals surface area contributed by atoms with Crippen molar-refractivity contribution >= 4 is 16.7 Å². The Morgan fingerprint density at radius 3 is 2.71 bits per heavy atom. The van der Waals surface area contributed by atoms with E-state index in [1.165, 1.54) is 24.6 Å². The van der Waals surface area contributed by atoms with E-state index >= 15 is 0 Å². The van der Waals surface area contributed by atoms with E-state index in [1.54, 1.807) is 0 Å². The molecular formula is C21H25NO2. The molecule has 0 spiro atoms. The molecule has 2 aliphatic rings. The van der Waals surface area contributed by atoms with Gasteiger partial charge in [0, 0.05) is 6.04 Å². The van der Waals surface area contributed by atoms with Crippen LogP contribution in [0.15, 0.2) is 42.5 Å². The van der Waals surface area contributed by atoms with Crippen LogP contribution in [0, 0.1) is 11.8 Å². The largest absolute Gasteiger partial charge is 0.481 e. The van der Waals surface area contributed by atoms with Crippen LogP contribution in [-0.2, 0) is 4.79 Å². The number of amides is 1. The Balaban J connectivity index is 1.43. The molecule has 0 unspecified atom stereocenters. The predicted molar refractivity (Wildman–Crippen MR) is 96.0 cm³/mol. The summed E-state index contributed by atoms with van der Waals surface area (Å²) in [6.07, 6.45) is 5.35. The second kappa shape index (κ2) is 6.46. The summed E-state index contributed by atoms with van der Waals surface area (Å²) < 4.78 is 6.01. The number of benzene rings is 2. The second-order valence-electron chi connectivity index (χ2n) is 7.31. The molecule has 0 saturated heterocycles. The molecule has 2 bridgehead atoms. The van der Waals surface area contributed by atoms with Crippen molar-refractivity contribution < 1.29 is 9.53 Å². The number of carbonyl (C=O) groups is 1. The third-order valence-electron chi connectivity index (χ3n) is 5.73. The van der Waals surface area contributed by atoms with E-state index in [4.69, 9.17) is 4.74 Å². The van der Waals surface area contributed by atoms with Gasteiger partial charge in [-0.2, -0.15) is 0 Å². The molecule has 24 heavy (non-hydrogen) atoms. The summed E-state index contributed by atoms with van der Waals surface area (Å²) in [5.74, 6) is 2.34. The summed E-state index contributed by atoms with van der Waals surface area (Å²) in [6.45, 7) is 2.01. The Hall–Kier alpha value is -2.03. The lowest BCUT2D eigenvalue weighted by molar-refractivity contribution is -0.129. The lowest BCUT2D eigenvalue weighted by Gasteiger charge is -2.25. The van der Waals surface area contributed by atoms with E-state index < -0.39 is 6.10 Å². The lowest BCUT2D eigenvalue weighted by atomic mass is 9.95. The van der Waals surface area contributed by atoms with Crippen LogP contribution < -0.4 is 10.1 Å². The summed E-state index contributed by atoms with van der Waals surface area (Å²) in [5, 5.41) is 5.58. The number of nitrogens with one attached hydrogen (secondary N) is 1. The highest BCUT2D eigenvalue weighted by Crippen LogP contribution is 2.44. The Morgan fingerprint density at radius 1 is 1.17 bits per heavy atom. The van der Waals surface area contributed by atoms with Gasteiger partial charge in [0.15, 0.2) is 6.10 Å². The molecule has 1 amide bonds. The SMILES string of the molecule is CC[C@H](Oc1ccc2ccccc2c1)C(=O)N[C@@H]1C[C@H]2CC[C@H]1C2. The van der Waals surface area contributed by atoms with Crippen LogP contribution in [0.5, 0.6) is 5.75 Å². The first-order valence-electron chi connectivity index (χ1n) is 9.18. The van der Waals surface area contributed by atoms with Crippen molar-refractivity contribution in [3.63, 3.8) is 0 Å². The highest BCUT2D eigenvalue weighted by Gasteiger charge is 2.40. The minimum Gasteiger partial charge on any atom is -0.481 e. The Morgan fingerprint density at radius 2 is 2.00 bits per heavy atom. The van der Waals surface area contributed by atoms with E-state index in [-0.39, 0.29) is 5.91 Å². The predicted octanol–water partition coefficient (Wildman–Crippen LogP) is 4.30. The lowest BCUT2D eigenvalue weighted by Crippen LogP contribution is -2.45. The van der Waals surface area contributed by atoms with Crippen molar-refractivity contribution in [3.05, 3.63) is 42.5 Å². The maximum atomic E-state index is 12.6. The summed E-state index contributed by atoms with van der Waals surface area (Å²) in [4.78, 5) is 12.6. The number of hydrogen-bond donors (Lipinski definition) is 1. The summed E-state index contributed by atoms with van der Waals surface area (Å²) >= 11 is 0. The van der Waals surface area contributed by atoms with Crippen molar-refractivity contribution in [1.29, 1.82) is 0 Å². The average Bonchev–Trinajstić information content (AvgIpc) is 3.22. The molecule has 1 N–H and O–H groups in total. The fraction of sp³-hybridized carbons (Fsp3) is 0.476. The minimum absolute atomic E-state index is 0.0446. The average molecular weight is 323 g/mol. The third kappa shape index (κ3) is 3.00. The summed E-state index contributed by atoms with van der Waals surface area (Å²) in [5.41, 5.74) is 0. The number of fused-ring (bicyclic) bond motifs is 3. The number of carbonyl (C=O) groups excluding carboxylic acids is 1. The molecule has 2 aromatic carbocycles. The van der Waals surface area contributed by atoms with Gasteiger partial charge < -0.3 is 10.1 Å². The summed E-state index contributed by atoms with van der Waals surface area (Å²) in [6, 6.07) is 14.6. The molecule has 4 rings (SSSR count). The zero-order chi connectivity index (χ0) is 16.5. The first kappa shape index (κ1) is 15.5. The van der Waals surface area contributed by atoms with Gasteiger partial charge in [-0.15, -0.1) is 0 Å². The Labute approximate surface area is 143 Å². The van der Waals surface area contributed by atoms with Crippen molar-refractivity contribution in [2.24, 2.45) is 11.8 Å². The number of hydrogen-bond acceptors (Lipinski definition) is 2. The van der Waals surface area contributed by atoms with Crippen molar-refractivity contribution in [2.75, 3.05) is 0 Å². The van der Waals surface area contributed by atoms with Gasteiger partial charge in [-0.05, 0) is 60.4 Å². The molecule has 0 heterocycles. The first-order chi connectivity index (χ1) is 11.7. The quantitative estimate of drug-likeness (QED) is 0.891. The van der Waals surface area contributed by atoms with Gasteiger partial charge in [0.25, 0.3) is 5.91 Å². The van der Waals surface area contributed by atoms with Gasteiger partial charge >= 0.3 is 0 Å². The molecule has 2 aromatic rings. The molecule has 2 aliphatic carbocycles. The van der Waals surface area contributed by atoms with Crippen molar-refractivity contribution in [1.82, 2.24) is 5.32 Å². The van der Waals surface area contributed by atoms with Crippen LogP contribution in [0.1, 0.15) is 39.0 Å². The molecule has 3 nitrogen and oxygen atoms in total. The van der Waals surface area contributed by atoms with Gasteiger partial charge in [-0.1, -0.05) is 43.7 Å². The van der Waals surface area contributed by atoms with Gasteiger partial charge in [0.1, 0.15) is 5.75 Å². The molecule has 0 aliphatic heterocycles. The van der Waals surface area contributed by atoms with E-state index in [9.17, 15) is 4.79 Å². The normalized spacial score (nSPS) is 26.5. The fourth-order valence-corrected chi connectivity index (χ4v) is 4.42. The zero-order valence-corrected chi connectivity index (χ0v) is 14.2. The fourth-order valence-electron chi connectivity index (χ4n) is 4.42. The maximum absolute atomic E-state index is 12.6. The number of ether oxygens (including phenoxy) is 1. The Bertz CT molecular complexity index is 741. The van der Waals surface area contributed by atoms with E-state index in [0.29, 0.717) is 18.4 Å². The van der Waals surface area contributed by atoms with E-state index in [2.05, 4.69) is 17.4 Å². The third-order valence-corrected chi connectivity index (χ3v) is 5.73. The van der Waals surface area contributed by atoms with Crippen LogP contribution in [0.25, 0.3) is 10.8 Å². The molecule has 4 atom stereocenters. The minimum atomic E-state index is -0.412. The van der Waals surface area contributed by atoms with Crippen LogP contribution in [0.4, 0.5) is 0 Å². The van der Waals surface area contributed by atoms with Gasteiger partial charge in [0.05, 0.1) is 0 Å². The first-order valence-corrected chi connectivity index (χ1v) is 9.18. The summed E-state index contributed by atoms with van der Waals surface area (Å²) in [7, 11) is 0. The molecular weight excluding hydrogens is 298 g/mol. The Kier molecular flexibility index (Phi) is 4.17. The molecule has 126 valence electrons. The highest BCUT2D eigenvalue weighted by molar-refractivity contribution is 5.84. The van der Waals surface area contributed by atoms with Crippen molar-refractivity contribution in [3.8, 4) is 5.75 Å². The molecule has 3 heteroatoms. The van der Waals surface area contributed by atoms with Crippen molar-refractivity contribution in [2.45, 2.75) is 51.2 Å². The van der Waals surface area contributed by atoms with Crippen LogP contribution in [0.3, 0.4) is 0 Å². The standard InChI is InChI=1S/C21H25NO2/c1-2-20(21(23)22-19-12-14-7-8-17(19)11-14)24-18-10-9-15-5-3-4-6-16(15)13-18/h3-6,9-10,13-14,17,19-20H,2,7-8,11-12H2,1H3,(H,22,23)/t14-,17-,19+,20-/m0/s1. The van der Waals surface area contributed by atoms with Gasteiger partial charge in [-0.3, -0.25) is 4.79 Å². The smallest absolute Gasteiger partial charge is 0.261 e. The zero-order valence-electron chi connectivity index (χ0n) is 14.2. The van der Waals surface area contributed by atoms with E-state index in [0.717, 1.165) is 23.5 Å². The highest BCUT2D eigenvalue weighted by atomic mass is 16.5. The molecule has 2 saturated carbocycles. The molecule has 0 aromatic heterocycles. The van der Waals surface area contributed by atoms with Gasteiger partial charge in [-0.25, -0.2) is 0 Å². The van der Waals surface area contributed by atoms with E-state index in [1.807, 2.05) is 37.3 Å². The monoisotopic (exact) mass is 323 g/mol. The van der Waals surface area contributed by atoms with Crippen LogP contribution in [0.2, 0.25) is 0 Å². The number of rotatable bonds is 5. The maximum Gasteiger partial charge on any atom is 0.261 e. The van der Waals surface area contributed by atoms with Crippen LogP contribution in [-0.4, -0.2) is 18.1 Å². The van der Waals surface area contributed by atoms with Crippen LogP contribution >= 0.6 is 0 Å². The molecule has 2 fully saturated rings. The molecule has 0 radical (unpaired) electrons. The topological polar surface area (TPSA) is 38.3 Å².